The Labute approximate surface area is 125 Å². The Morgan fingerprint density at radius 1 is 1.20 bits per heavy atom. The lowest BCUT2D eigenvalue weighted by molar-refractivity contribution is 0.266. The average Bonchev–Trinajstić information content (AvgIpc) is 2.39. The molecule has 1 aliphatic rings. The molecule has 1 aliphatic carbocycles. The largest absolute Gasteiger partial charge is 0.311 e. The van der Waals surface area contributed by atoms with Crippen LogP contribution in [0.4, 0.5) is 0 Å². The highest BCUT2D eigenvalue weighted by atomic mass is 14.9. The molecule has 1 fully saturated rings. The van der Waals surface area contributed by atoms with E-state index in [4.69, 9.17) is 0 Å². The molecule has 20 heavy (non-hydrogen) atoms. The van der Waals surface area contributed by atoms with Crippen LogP contribution in [0.1, 0.15) is 65.4 Å². The van der Waals surface area contributed by atoms with Crippen LogP contribution in [-0.4, -0.2) is 12.1 Å². The highest BCUT2D eigenvalue weighted by Crippen LogP contribution is 2.29. The van der Waals surface area contributed by atoms with Crippen molar-refractivity contribution in [2.75, 3.05) is 0 Å². The molecule has 1 N–H and O–H groups in total. The van der Waals surface area contributed by atoms with Crippen LogP contribution in [0.15, 0.2) is 30.3 Å². The fourth-order valence-corrected chi connectivity index (χ4v) is 3.82. The molecule has 0 amide bonds. The molecule has 1 nitrogen and oxygen atoms in total. The van der Waals surface area contributed by atoms with E-state index in [0.29, 0.717) is 6.04 Å². The van der Waals surface area contributed by atoms with E-state index in [-0.39, 0.29) is 5.41 Å². The highest BCUT2D eigenvalue weighted by molar-refractivity contribution is 5.23. The molecule has 1 heteroatoms. The van der Waals surface area contributed by atoms with Gasteiger partial charge in [-0.2, -0.15) is 0 Å². The minimum atomic E-state index is 0.244. The lowest BCUT2D eigenvalue weighted by Gasteiger charge is -2.34. The van der Waals surface area contributed by atoms with Crippen LogP contribution >= 0.6 is 0 Å². The Morgan fingerprint density at radius 2 is 1.90 bits per heavy atom. The monoisotopic (exact) mass is 273 g/mol. The van der Waals surface area contributed by atoms with Crippen molar-refractivity contribution in [1.82, 2.24) is 5.32 Å². The standard InChI is InChI=1S/C19H31N/c1-15-9-8-12-18(13-15)20-16(2)14-19(3,4)17-10-6-5-7-11-17/h5-7,10-11,15-16,18,20H,8-9,12-14H2,1-4H3. The van der Waals surface area contributed by atoms with Gasteiger partial charge < -0.3 is 5.32 Å². The zero-order valence-corrected chi connectivity index (χ0v) is 13.7. The quantitative estimate of drug-likeness (QED) is 0.803. The molecule has 3 unspecified atom stereocenters. The number of hydrogen-bond acceptors (Lipinski definition) is 1. The lowest BCUT2D eigenvalue weighted by atomic mass is 9.79. The predicted octanol–water partition coefficient (Wildman–Crippen LogP) is 4.91. The summed E-state index contributed by atoms with van der Waals surface area (Å²) in [6.07, 6.45) is 6.73. The van der Waals surface area contributed by atoms with Gasteiger partial charge in [0, 0.05) is 12.1 Å². The van der Waals surface area contributed by atoms with Gasteiger partial charge in [-0.15, -0.1) is 0 Å². The third-order valence-electron chi connectivity index (χ3n) is 4.83. The fraction of sp³-hybridized carbons (Fsp3) is 0.684. The Bertz CT molecular complexity index is 395. The van der Waals surface area contributed by atoms with Gasteiger partial charge in [0.2, 0.25) is 0 Å². The van der Waals surface area contributed by atoms with Crippen molar-refractivity contribution in [3.63, 3.8) is 0 Å². The minimum Gasteiger partial charge on any atom is -0.311 e. The first kappa shape index (κ1) is 15.6. The normalized spacial score (nSPS) is 25.4. The van der Waals surface area contributed by atoms with Crippen molar-refractivity contribution < 1.29 is 0 Å². The zero-order chi connectivity index (χ0) is 14.6. The molecule has 3 atom stereocenters. The second kappa shape index (κ2) is 6.76. The number of hydrogen-bond donors (Lipinski definition) is 1. The van der Waals surface area contributed by atoms with E-state index in [1.54, 1.807) is 0 Å². The summed E-state index contributed by atoms with van der Waals surface area (Å²) in [6, 6.07) is 12.2. The van der Waals surface area contributed by atoms with E-state index in [0.717, 1.165) is 12.0 Å². The highest BCUT2D eigenvalue weighted by Gasteiger charge is 2.25. The summed E-state index contributed by atoms with van der Waals surface area (Å²) >= 11 is 0. The molecule has 0 aliphatic heterocycles. The molecule has 0 radical (unpaired) electrons. The molecular weight excluding hydrogens is 242 g/mol. The van der Waals surface area contributed by atoms with Gasteiger partial charge in [-0.3, -0.25) is 0 Å². The van der Waals surface area contributed by atoms with Crippen LogP contribution < -0.4 is 5.32 Å². The summed E-state index contributed by atoms with van der Waals surface area (Å²) in [5, 5.41) is 3.88. The van der Waals surface area contributed by atoms with Crippen LogP contribution in [-0.2, 0) is 5.41 Å². The maximum atomic E-state index is 3.88. The molecule has 112 valence electrons. The van der Waals surface area contributed by atoms with Crippen LogP contribution in [0.5, 0.6) is 0 Å². The van der Waals surface area contributed by atoms with Crippen molar-refractivity contribution in [1.29, 1.82) is 0 Å². The molecule has 0 bridgehead atoms. The van der Waals surface area contributed by atoms with Crippen LogP contribution in [0.3, 0.4) is 0 Å². The van der Waals surface area contributed by atoms with Gasteiger partial charge in [0.15, 0.2) is 0 Å². The first-order chi connectivity index (χ1) is 9.47. The minimum absolute atomic E-state index is 0.244. The van der Waals surface area contributed by atoms with Crippen molar-refractivity contribution >= 4 is 0 Å². The number of rotatable bonds is 5. The van der Waals surface area contributed by atoms with Crippen molar-refractivity contribution in [2.24, 2.45) is 5.92 Å². The molecule has 2 rings (SSSR count). The second-order valence-electron chi connectivity index (χ2n) is 7.49. The molecule has 0 saturated heterocycles. The lowest BCUT2D eigenvalue weighted by Crippen LogP contribution is -2.42. The summed E-state index contributed by atoms with van der Waals surface area (Å²) < 4.78 is 0. The van der Waals surface area contributed by atoms with E-state index in [1.807, 2.05) is 0 Å². The van der Waals surface area contributed by atoms with Crippen LogP contribution in [0.25, 0.3) is 0 Å². The van der Waals surface area contributed by atoms with Crippen molar-refractivity contribution in [3.8, 4) is 0 Å². The number of nitrogens with one attached hydrogen (secondary N) is 1. The molecule has 0 heterocycles. The molecular formula is C19H31N. The van der Waals surface area contributed by atoms with Crippen LogP contribution in [0, 0.1) is 5.92 Å². The third kappa shape index (κ3) is 4.34. The Hall–Kier alpha value is -0.820. The molecule has 1 aromatic rings. The molecule has 0 aromatic heterocycles. The predicted molar refractivity (Wildman–Crippen MR) is 88.1 cm³/mol. The fourth-order valence-electron chi connectivity index (χ4n) is 3.82. The van der Waals surface area contributed by atoms with Gasteiger partial charge in [0.1, 0.15) is 0 Å². The summed E-state index contributed by atoms with van der Waals surface area (Å²) in [5.74, 6) is 0.899. The van der Waals surface area contributed by atoms with Crippen molar-refractivity contribution in [3.05, 3.63) is 35.9 Å². The summed E-state index contributed by atoms with van der Waals surface area (Å²) in [5.41, 5.74) is 1.69. The van der Waals surface area contributed by atoms with E-state index in [1.165, 1.54) is 37.7 Å². The average molecular weight is 273 g/mol. The Morgan fingerprint density at radius 3 is 2.55 bits per heavy atom. The first-order valence-corrected chi connectivity index (χ1v) is 8.29. The van der Waals surface area contributed by atoms with Gasteiger partial charge in [-0.25, -0.2) is 0 Å². The summed E-state index contributed by atoms with van der Waals surface area (Å²) in [7, 11) is 0. The SMILES string of the molecule is CC1CCCC(NC(C)CC(C)(C)c2ccccc2)C1. The Balaban J connectivity index is 1.88. The first-order valence-electron chi connectivity index (χ1n) is 8.29. The summed E-state index contributed by atoms with van der Waals surface area (Å²) in [6.45, 7) is 9.48. The van der Waals surface area contributed by atoms with Gasteiger partial charge in [-0.1, -0.05) is 63.9 Å². The van der Waals surface area contributed by atoms with E-state index >= 15 is 0 Å². The zero-order valence-electron chi connectivity index (χ0n) is 13.7. The van der Waals surface area contributed by atoms with E-state index in [2.05, 4.69) is 63.3 Å². The third-order valence-corrected chi connectivity index (χ3v) is 4.83. The van der Waals surface area contributed by atoms with Gasteiger partial charge in [-0.05, 0) is 43.1 Å². The van der Waals surface area contributed by atoms with Gasteiger partial charge >= 0.3 is 0 Å². The number of benzene rings is 1. The Kier molecular flexibility index (Phi) is 5.26. The topological polar surface area (TPSA) is 12.0 Å². The smallest absolute Gasteiger partial charge is 0.00720 e. The van der Waals surface area contributed by atoms with Gasteiger partial charge in [0.25, 0.3) is 0 Å². The maximum absolute atomic E-state index is 3.88. The molecule has 1 saturated carbocycles. The van der Waals surface area contributed by atoms with Crippen molar-refractivity contribution in [2.45, 2.75) is 77.3 Å². The molecule has 1 aromatic carbocycles. The summed E-state index contributed by atoms with van der Waals surface area (Å²) in [4.78, 5) is 0. The second-order valence-corrected chi connectivity index (χ2v) is 7.49. The van der Waals surface area contributed by atoms with Gasteiger partial charge in [0.05, 0.1) is 0 Å². The maximum Gasteiger partial charge on any atom is 0.00720 e. The van der Waals surface area contributed by atoms with Crippen LogP contribution in [0.2, 0.25) is 0 Å². The molecule has 0 spiro atoms. The van der Waals surface area contributed by atoms with E-state index < -0.39 is 0 Å². The van der Waals surface area contributed by atoms with E-state index in [9.17, 15) is 0 Å².